The van der Waals surface area contributed by atoms with Crippen LogP contribution in [-0.2, 0) is 4.79 Å². The monoisotopic (exact) mass is 310 g/mol. The summed E-state index contributed by atoms with van der Waals surface area (Å²) < 4.78 is 12.8. The number of nitrogens with zero attached hydrogens (tertiary/aromatic N) is 1. The Labute approximate surface area is 117 Å². The normalized spacial score (nSPS) is 12.4. The second-order valence-electron chi connectivity index (χ2n) is 2.97. The highest BCUT2D eigenvalue weighted by Gasteiger charge is 2.07. The lowest BCUT2D eigenvalue weighted by Gasteiger charge is -2.01. The lowest BCUT2D eigenvalue weighted by atomic mass is 10.3. The molecule has 18 heavy (non-hydrogen) atoms. The molecular weight excluding hydrogens is 305 g/mol. The minimum atomic E-state index is -1.36. The van der Waals surface area contributed by atoms with Crippen LogP contribution in [0.15, 0.2) is 33.4 Å². The number of carbonyl (C=O) groups is 1. The van der Waals surface area contributed by atoms with Gasteiger partial charge >= 0.3 is 5.97 Å². The summed E-state index contributed by atoms with van der Waals surface area (Å²) >= 11 is 16.4. The summed E-state index contributed by atoms with van der Waals surface area (Å²) in [5.74, 6) is -1.92. The summed E-state index contributed by atoms with van der Waals surface area (Å²) in [6.45, 7) is 0. The van der Waals surface area contributed by atoms with Crippen molar-refractivity contribution < 1.29 is 14.3 Å². The van der Waals surface area contributed by atoms with Crippen LogP contribution in [0.4, 0.5) is 10.1 Å². The van der Waals surface area contributed by atoms with E-state index in [0.29, 0.717) is 5.69 Å². The van der Waals surface area contributed by atoms with Crippen LogP contribution in [0.5, 0.6) is 0 Å². The van der Waals surface area contributed by atoms with Gasteiger partial charge in [0.2, 0.25) is 0 Å². The van der Waals surface area contributed by atoms with Crippen molar-refractivity contribution in [1.82, 2.24) is 0 Å². The van der Waals surface area contributed by atoms with Gasteiger partial charge in [0.1, 0.15) is 10.8 Å². The Hall–Kier alpha value is -1.30. The number of benzene rings is 1. The minimum Gasteiger partial charge on any atom is -0.477 e. The molecule has 0 unspecified atom stereocenters. The highest BCUT2D eigenvalue weighted by Crippen LogP contribution is 2.19. The van der Waals surface area contributed by atoms with Crippen molar-refractivity contribution in [1.29, 1.82) is 0 Å². The smallest absolute Gasteiger partial charge is 0.348 e. The number of carboxylic acids is 1. The molecule has 8 heteroatoms. The van der Waals surface area contributed by atoms with Gasteiger partial charge in [-0.15, -0.1) is 0 Å². The number of anilines is 1. The first-order valence-electron chi connectivity index (χ1n) is 4.44. The number of rotatable bonds is 4. The number of carboxylic acid groups (broad SMARTS) is 1. The Kier molecular flexibility index (Phi) is 5.40. The SMILES string of the molecule is O=C(O)C(Cl)=C(Cl)C=NNc1ccc(F)c(Cl)c1. The number of aliphatic carboxylic acids is 1. The van der Waals surface area contributed by atoms with E-state index >= 15 is 0 Å². The number of nitrogens with one attached hydrogen (secondary N) is 1. The fourth-order valence-corrected chi connectivity index (χ4v) is 1.25. The van der Waals surface area contributed by atoms with E-state index < -0.39 is 16.8 Å². The van der Waals surface area contributed by atoms with Gasteiger partial charge in [0, 0.05) is 0 Å². The molecule has 0 atom stereocenters. The van der Waals surface area contributed by atoms with Gasteiger partial charge < -0.3 is 5.11 Å². The highest BCUT2D eigenvalue weighted by atomic mass is 35.5. The summed E-state index contributed by atoms with van der Waals surface area (Å²) in [4.78, 5) is 10.4. The van der Waals surface area contributed by atoms with Gasteiger partial charge in [-0.05, 0) is 18.2 Å². The number of halogens is 4. The zero-order chi connectivity index (χ0) is 13.7. The second kappa shape index (κ2) is 6.58. The first-order chi connectivity index (χ1) is 8.41. The first-order valence-corrected chi connectivity index (χ1v) is 5.58. The summed E-state index contributed by atoms with van der Waals surface area (Å²) in [6.07, 6.45) is 1.01. The highest BCUT2D eigenvalue weighted by molar-refractivity contribution is 6.51. The zero-order valence-electron chi connectivity index (χ0n) is 8.62. The standard InChI is InChI=1S/C10H6Cl3FN2O2/c11-6-3-5(1-2-8(6)14)16-15-4-7(12)9(13)10(17)18/h1-4,16H,(H,17,18). The van der Waals surface area contributed by atoms with E-state index in [1.807, 2.05) is 0 Å². The summed E-state index contributed by atoms with van der Waals surface area (Å²) in [7, 11) is 0. The molecule has 0 saturated heterocycles. The molecule has 0 aliphatic heterocycles. The maximum Gasteiger partial charge on any atom is 0.348 e. The predicted molar refractivity (Wildman–Crippen MR) is 69.9 cm³/mol. The van der Waals surface area contributed by atoms with Gasteiger partial charge in [-0.1, -0.05) is 34.8 Å². The Balaban J connectivity index is 2.73. The van der Waals surface area contributed by atoms with E-state index in [-0.39, 0.29) is 10.1 Å². The molecule has 0 aliphatic carbocycles. The van der Waals surface area contributed by atoms with E-state index in [4.69, 9.17) is 39.9 Å². The van der Waals surface area contributed by atoms with Crippen LogP contribution in [0, 0.1) is 5.82 Å². The van der Waals surface area contributed by atoms with Gasteiger partial charge in [-0.3, -0.25) is 5.43 Å². The average molecular weight is 312 g/mol. The van der Waals surface area contributed by atoms with E-state index in [0.717, 1.165) is 12.3 Å². The molecule has 0 fully saturated rings. The molecule has 0 amide bonds. The van der Waals surface area contributed by atoms with Crippen molar-refractivity contribution in [2.24, 2.45) is 5.10 Å². The molecule has 96 valence electrons. The van der Waals surface area contributed by atoms with Crippen molar-refractivity contribution in [2.75, 3.05) is 5.43 Å². The fourth-order valence-electron chi connectivity index (χ4n) is 0.888. The molecule has 0 radical (unpaired) electrons. The largest absolute Gasteiger partial charge is 0.477 e. The summed E-state index contributed by atoms with van der Waals surface area (Å²) in [6, 6.07) is 3.86. The van der Waals surface area contributed by atoms with Crippen LogP contribution in [0.3, 0.4) is 0 Å². The van der Waals surface area contributed by atoms with E-state index in [1.54, 1.807) is 0 Å². The Morgan fingerprint density at radius 3 is 2.67 bits per heavy atom. The lowest BCUT2D eigenvalue weighted by molar-refractivity contribution is -0.131. The number of hydrazone groups is 1. The third kappa shape index (κ3) is 4.18. The van der Waals surface area contributed by atoms with Crippen LogP contribution in [0.2, 0.25) is 5.02 Å². The topological polar surface area (TPSA) is 61.7 Å². The number of hydrogen-bond donors (Lipinski definition) is 2. The molecule has 0 spiro atoms. The third-order valence-electron chi connectivity index (χ3n) is 1.69. The van der Waals surface area contributed by atoms with E-state index in [1.165, 1.54) is 12.1 Å². The second-order valence-corrected chi connectivity index (χ2v) is 4.16. The molecule has 0 aromatic heterocycles. The van der Waals surface area contributed by atoms with Crippen LogP contribution < -0.4 is 5.43 Å². The van der Waals surface area contributed by atoms with Crippen LogP contribution >= 0.6 is 34.8 Å². The van der Waals surface area contributed by atoms with Gasteiger partial charge in [0.15, 0.2) is 0 Å². The Morgan fingerprint density at radius 1 is 1.44 bits per heavy atom. The molecule has 4 nitrogen and oxygen atoms in total. The van der Waals surface area contributed by atoms with Gasteiger partial charge in [-0.2, -0.15) is 5.10 Å². The van der Waals surface area contributed by atoms with Crippen LogP contribution in [0.1, 0.15) is 0 Å². The third-order valence-corrected chi connectivity index (χ3v) is 2.73. The quantitative estimate of drug-likeness (QED) is 0.507. The predicted octanol–water partition coefficient (Wildman–Crippen LogP) is 3.65. The molecule has 2 N–H and O–H groups in total. The number of hydrogen-bond acceptors (Lipinski definition) is 3. The molecule has 1 aromatic carbocycles. The van der Waals surface area contributed by atoms with Gasteiger partial charge in [0.05, 0.1) is 22.0 Å². The lowest BCUT2D eigenvalue weighted by Crippen LogP contribution is -1.98. The maximum atomic E-state index is 12.8. The average Bonchev–Trinajstić information content (AvgIpc) is 2.32. The number of allylic oxidation sites excluding steroid dienone is 1. The van der Waals surface area contributed by atoms with E-state index in [9.17, 15) is 9.18 Å². The first kappa shape index (κ1) is 14.8. The van der Waals surface area contributed by atoms with Crippen molar-refractivity contribution >= 4 is 52.7 Å². The zero-order valence-corrected chi connectivity index (χ0v) is 10.9. The molecule has 1 rings (SSSR count). The van der Waals surface area contributed by atoms with Crippen LogP contribution in [-0.4, -0.2) is 17.3 Å². The van der Waals surface area contributed by atoms with Crippen molar-refractivity contribution in [3.63, 3.8) is 0 Å². The molecule has 0 aliphatic rings. The molecule has 1 aromatic rings. The molecule has 0 bridgehead atoms. The van der Waals surface area contributed by atoms with Gasteiger partial charge in [0.25, 0.3) is 0 Å². The summed E-state index contributed by atoms with van der Waals surface area (Å²) in [5.41, 5.74) is 2.90. The van der Waals surface area contributed by atoms with Crippen LogP contribution in [0.25, 0.3) is 0 Å². The molecule has 0 heterocycles. The fraction of sp³-hybridized carbons (Fsp3) is 0. The summed E-state index contributed by atoms with van der Waals surface area (Å²) in [5, 5.41) is 11.3. The van der Waals surface area contributed by atoms with E-state index in [2.05, 4.69) is 10.5 Å². The van der Waals surface area contributed by atoms with Crippen molar-refractivity contribution in [2.45, 2.75) is 0 Å². The Bertz CT molecular complexity index is 532. The maximum absolute atomic E-state index is 12.8. The Morgan fingerprint density at radius 2 is 2.11 bits per heavy atom. The van der Waals surface area contributed by atoms with Crippen molar-refractivity contribution in [3.05, 3.63) is 39.1 Å². The molecular formula is C10H6Cl3FN2O2. The van der Waals surface area contributed by atoms with Crippen molar-refractivity contribution in [3.8, 4) is 0 Å². The molecule has 0 saturated carbocycles. The van der Waals surface area contributed by atoms with Gasteiger partial charge in [-0.25, -0.2) is 9.18 Å². The minimum absolute atomic E-state index is 0.0691.